The molecule has 0 aromatic heterocycles. The first kappa shape index (κ1) is 18.2. The van der Waals surface area contributed by atoms with Crippen molar-refractivity contribution in [1.82, 2.24) is 0 Å². The minimum atomic E-state index is -4.93. The Kier molecular flexibility index (Phi) is 4.88. The van der Waals surface area contributed by atoms with Gasteiger partial charge >= 0.3 is 6.36 Å². The average molecular weight is 380 g/mol. The zero-order chi connectivity index (χ0) is 18.8. The van der Waals surface area contributed by atoms with E-state index < -0.39 is 25.1 Å². The number of ether oxygens (including phenoxy) is 1. The minimum absolute atomic E-state index is 0.176. The first-order valence-corrected chi connectivity index (χ1v) is 9.28. The summed E-state index contributed by atoms with van der Waals surface area (Å²) in [7, 11) is -3.60. The number of alkyl halides is 3. The summed E-state index contributed by atoms with van der Waals surface area (Å²) in [6.45, 7) is 0. The number of benzene rings is 3. The third kappa shape index (κ3) is 3.65. The lowest BCUT2D eigenvalue weighted by Crippen LogP contribution is -2.27. The second-order valence-corrected chi connectivity index (χ2v) is 8.17. The maximum absolute atomic E-state index is 14.7. The lowest BCUT2D eigenvalue weighted by Gasteiger charge is -2.21. The van der Waals surface area contributed by atoms with Crippen molar-refractivity contribution in [3.63, 3.8) is 0 Å². The number of hydrogen-bond acceptors (Lipinski definition) is 2. The maximum atomic E-state index is 14.7. The van der Waals surface area contributed by atoms with Crippen LogP contribution in [0, 0.1) is 5.82 Å². The van der Waals surface area contributed by atoms with Crippen molar-refractivity contribution in [2.75, 3.05) is 0 Å². The monoisotopic (exact) mass is 380 g/mol. The van der Waals surface area contributed by atoms with Crippen molar-refractivity contribution in [2.45, 2.75) is 6.36 Å². The molecule has 0 aliphatic rings. The number of rotatable bonds is 4. The summed E-state index contributed by atoms with van der Waals surface area (Å²) in [6, 6.07) is 19.2. The molecule has 0 spiro atoms. The van der Waals surface area contributed by atoms with Gasteiger partial charge in [0.1, 0.15) is 11.6 Å². The first-order chi connectivity index (χ1) is 12.3. The molecule has 134 valence electrons. The standard InChI is InChI=1S/C19H13F4O2P/c20-17-13-14(25-19(21,22)23)11-12-18(17)26(24,15-7-3-1-4-8-15)16-9-5-2-6-10-16/h1-13H. The molecule has 0 saturated carbocycles. The molecular formula is C19H13F4O2P. The van der Waals surface area contributed by atoms with Crippen LogP contribution in [0.4, 0.5) is 17.6 Å². The predicted octanol–water partition coefficient (Wildman–Crippen LogP) is 4.36. The summed E-state index contributed by atoms with van der Waals surface area (Å²) < 4.78 is 69.4. The Morgan fingerprint density at radius 3 is 1.69 bits per heavy atom. The van der Waals surface area contributed by atoms with Crippen LogP contribution in [0.5, 0.6) is 5.75 Å². The van der Waals surface area contributed by atoms with Crippen LogP contribution in [-0.4, -0.2) is 6.36 Å². The molecule has 0 atom stereocenters. The molecule has 0 N–H and O–H groups in total. The smallest absolute Gasteiger partial charge is 0.406 e. The first-order valence-electron chi connectivity index (χ1n) is 7.58. The fourth-order valence-electron chi connectivity index (χ4n) is 2.64. The molecule has 3 aromatic rings. The summed E-state index contributed by atoms with van der Waals surface area (Å²) in [5.74, 6) is -1.73. The van der Waals surface area contributed by atoms with Gasteiger partial charge in [-0.1, -0.05) is 60.7 Å². The fraction of sp³-hybridized carbons (Fsp3) is 0.0526. The molecule has 3 rings (SSSR count). The Morgan fingerprint density at radius 1 is 0.769 bits per heavy atom. The highest BCUT2D eigenvalue weighted by Gasteiger charge is 2.34. The lowest BCUT2D eigenvalue weighted by molar-refractivity contribution is -0.274. The average Bonchev–Trinajstić information content (AvgIpc) is 2.61. The molecule has 0 aliphatic heterocycles. The zero-order valence-electron chi connectivity index (χ0n) is 13.3. The molecule has 0 amide bonds. The van der Waals surface area contributed by atoms with Gasteiger partial charge < -0.3 is 9.30 Å². The van der Waals surface area contributed by atoms with E-state index in [-0.39, 0.29) is 5.30 Å². The van der Waals surface area contributed by atoms with Crippen LogP contribution in [0.1, 0.15) is 0 Å². The Bertz CT molecular complexity index is 897. The van der Waals surface area contributed by atoms with E-state index in [0.29, 0.717) is 16.7 Å². The van der Waals surface area contributed by atoms with E-state index in [9.17, 15) is 22.1 Å². The van der Waals surface area contributed by atoms with Gasteiger partial charge in [0, 0.05) is 16.7 Å². The van der Waals surface area contributed by atoms with Gasteiger partial charge in [-0.2, -0.15) is 0 Å². The van der Waals surface area contributed by atoms with E-state index in [1.54, 1.807) is 60.7 Å². The van der Waals surface area contributed by atoms with Crippen LogP contribution in [0.25, 0.3) is 0 Å². The highest BCUT2D eigenvalue weighted by atomic mass is 31.2. The Hall–Kier alpha value is -2.59. The molecule has 0 unspecified atom stereocenters. The van der Waals surface area contributed by atoms with Crippen LogP contribution < -0.4 is 20.7 Å². The van der Waals surface area contributed by atoms with Crippen molar-refractivity contribution in [1.29, 1.82) is 0 Å². The molecule has 0 heterocycles. The molecule has 0 saturated heterocycles. The zero-order valence-corrected chi connectivity index (χ0v) is 14.2. The molecule has 0 bridgehead atoms. The second kappa shape index (κ2) is 6.96. The number of halogens is 4. The Labute approximate surface area is 147 Å². The molecule has 0 aliphatic carbocycles. The lowest BCUT2D eigenvalue weighted by atomic mass is 10.3. The Morgan fingerprint density at radius 2 is 1.27 bits per heavy atom. The van der Waals surface area contributed by atoms with Gasteiger partial charge in [-0.25, -0.2) is 4.39 Å². The number of hydrogen-bond donors (Lipinski definition) is 0. The molecular weight excluding hydrogens is 367 g/mol. The van der Waals surface area contributed by atoms with E-state index in [1.807, 2.05) is 0 Å². The van der Waals surface area contributed by atoms with Crippen molar-refractivity contribution in [2.24, 2.45) is 0 Å². The minimum Gasteiger partial charge on any atom is -0.406 e. The SMILES string of the molecule is O=P(c1ccccc1)(c1ccccc1)c1ccc(OC(F)(F)F)cc1F. The van der Waals surface area contributed by atoms with Gasteiger partial charge in [0.2, 0.25) is 0 Å². The van der Waals surface area contributed by atoms with Crippen LogP contribution in [0.3, 0.4) is 0 Å². The van der Waals surface area contributed by atoms with Crippen molar-refractivity contribution >= 4 is 23.1 Å². The predicted molar refractivity (Wildman–Crippen MR) is 92.5 cm³/mol. The molecule has 3 aromatic carbocycles. The third-order valence-corrected chi connectivity index (χ3v) is 6.82. The Balaban J connectivity index is 2.17. The fourth-order valence-corrected chi connectivity index (χ4v) is 5.33. The third-order valence-electron chi connectivity index (χ3n) is 3.73. The van der Waals surface area contributed by atoms with Gasteiger partial charge in [0.15, 0.2) is 7.14 Å². The van der Waals surface area contributed by atoms with Crippen molar-refractivity contribution in [3.05, 3.63) is 84.7 Å². The quantitative estimate of drug-likeness (QED) is 0.497. The maximum Gasteiger partial charge on any atom is 0.573 e. The van der Waals surface area contributed by atoms with Gasteiger partial charge in [-0.15, -0.1) is 13.2 Å². The normalized spacial score (nSPS) is 12.0. The molecule has 0 radical (unpaired) electrons. The summed E-state index contributed by atoms with van der Waals surface area (Å²) in [5, 5.41) is 0.591. The van der Waals surface area contributed by atoms with Gasteiger partial charge in [0.25, 0.3) is 0 Å². The van der Waals surface area contributed by atoms with Crippen molar-refractivity contribution in [3.8, 4) is 5.75 Å². The van der Waals surface area contributed by atoms with Gasteiger partial charge in [0.05, 0.1) is 5.30 Å². The molecule has 2 nitrogen and oxygen atoms in total. The second-order valence-electron chi connectivity index (χ2n) is 5.44. The van der Waals surface area contributed by atoms with Gasteiger partial charge in [-0.3, -0.25) is 0 Å². The van der Waals surface area contributed by atoms with Gasteiger partial charge in [-0.05, 0) is 12.1 Å². The van der Waals surface area contributed by atoms with Crippen LogP contribution in [0.15, 0.2) is 78.9 Å². The van der Waals surface area contributed by atoms with Crippen LogP contribution >= 0.6 is 7.14 Å². The highest BCUT2D eigenvalue weighted by molar-refractivity contribution is 7.85. The van der Waals surface area contributed by atoms with E-state index in [2.05, 4.69) is 4.74 Å². The largest absolute Gasteiger partial charge is 0.573 e. The summed E-state index contributed by atoms with van der Waals surface area (Å²) in [4.78, 5) is 0. The summed E-state index contributed by atoms with van der Waals surface area (Å²) in [6.07, 6.45) is -4.93. The van der Waals surface area contributed by atoms with Crippen molar-refractivity contribution < 1.29 is 26.9 Å². The van der Waals surface area contributed by atoms with E-state index in [4.69, 9.17) is 0 Å². The molecule has 26 heavy (non-hydrogen) atoms. The summed E-state index contributed by atoms with van der Waals surface area (Å²) in [5.41, 5.74) is 0. The topological polar surface area (TPSA) is 26.3 Å². The van der Waals surface area contributed by atoms with Crippen LogP contribution in [-0.2, 0) is 4.57 Å². The van der Waals surface area contributed by atoms with Crippen LogP contribution in [0.2, 0.25) is 0 Å². The highest BCUT2D eigenvalue weighted by Crippen LogP contribution is 2.43. The molecule has 7 heteroatoms. The van der Waals surface area contributed by atoms with E-state index in [1.165, 1.54) is 0 Å². The van der Waals surface area contributed by atoms with E-state index in [0.717, 1.165) is 12.1 Å². The van der Waals surface area contributed by atoms with E-state index >= 15 is 0 Å². The summed E-state index contributed by atoms with van der Waals surface area (Å²) >= 11 is 0. The molecule has 0 fully saturated rings.